The molecule has 0 radical (unpaired) electrons. The average Bonchev–Trinajstić information content (AvgIpc) is 3.05. The number of benzene rings is 1. The van der Waals surface area contributed by atoms with Gasteiger partial charge in [0.2, 0.25) is 5.91 Å². The van der Waals surface area contributed by atoms with Crippen LogP contribution in [0.4, 0.5) is 0 Å². The van der Waals surface area contributed by atoms with E-state index < -0.39 is 11.5 Å². The molecule has 3 rings (SSSR count). The number of nitrogens with zero attached hydrogens (tertiary/aromatic N) is 2. The van der Waals surface area contributed by atoms with Crippen LogP contribution in [-0.2, 0) is 23.1 Å². The fraction of sp³-hybridized carbons (Fsp3) is 0.471. The fourth-order valence-corrected chi connectivity index (χ4v) is 3.60. The van der Waals surface area contributed by atoms with E-state index in [4.69, 9.17) is 5.11 Å². The van der Waals surface area contributed by atoms with Crippen molar-refractivity contribution >= 4 is 22.8 Å². The number of rotatable bonds is 5. The third-order valence-electron chi connectivity index (χ3n) is 4.62. The van der Waals surface area contributed by atoms with Crippen molar-refractivity contribution in [3.8, 4) is 0 Å². The first-order valence-corrected chi connectivity index (χ1v) is 7.92. The molecule has 1 aliphatic carbocycles. The van der Waals surface area contributed by atoms with Crippen LogP contribution in [-0.4, -0.2) is 32.3 Å². The van der Waals surface area contributed by atoms with Gasteiger partial charge >= 0.3 is 5.97 Å². The van der Waals surface area contributed by atoms with Gasteiger partial charge in [-0.3, -0.25) is 14.3 Å². The predicted molar refractivity (Wildman–Crippen MR) is 86.0 cm³/mol. The Morgan fingerprint density at radius 2 is 2.00 bits per heavy atom. The lowest BCUT2D eigenvalue weighted by Crippen LogP contribution is -2.48. The van der Waals surface area contributed by atoms with E-state index in [1.807, 2.05) is 31.3 Å². The molecule has 6 heteroatoms. The summed E-state index contributed by atoms with van der Waals surface area (Å²) in [5, 5.41) is 17.5. The summed E-state index contributed by atoms with van der Waals surface area (Å²) < 4.78 is 1.76. The molecule has 0 saturated heterocycles. The summed E-state index contributed by atoms with van der Waals surface area (Å²) in [6, 6.07) is 7.78. The number of aryl methyl sites for hydroxylation is 1. The van der Waals surface area contributed by atoms with Crippen LogP contribution < -0.4 is 5.32 Å². The quantitative estimate of drug-likeness (QED) is 0.884. The molecule has 0 bridgehead atoms. The zero-order chi connectivity index (χ0) is 16.4. The van der Waals surface area contributed by atoms with Gasteiger partial charge in [-0.15, -0.1) is 0 Å². The Bertz CT molecular complexity index is 745. The monoisotopic (exact) mass is 315 g/mol. The summed E-state index contributed by atoms with van der Waals surface area (Å²) in [4.78, 5) is 23.6. The molecule has 1 amide bonds. The van der Waals surface area contributed by atoms with E-state index in [0.717, 1.165) is 42.3 Å². The molecule has 1 heterocycles. The minimum Gasteiger partial charge on any atom is -0.481 e. The fourth-order valence-electron chi connectivity index (χ4n) is 3.60. The maximum atomic E-state index is 12.5. The lowest BCUT2D eigenvalue weighted by Gasteiger charge is -2.28. The average molecular weight is 315 g/mol. The molecule has 1 aromatic heterocycles. The molecule has 122 valence electrons. The molecule has 0 unspecified atom stereocenters. The summed E-state index contributed by atoms with van der Waals surface area (Å²) in [5.74, 6) is -1.02. The highest BCUT2D eigenvalue weighted by molar-refractivity contribution is 5.88. The van der Waals surface area contributed by atoms with E-state index in [1.54, 1.807) is 4.68 Å². The Morgan fingerprint density at radius 3 is 2.70 bits per heavy atom. The van der Waals surface area contributed by atoms with Gasteiger partial charge in [0.25, 0.3) is 0 Å². The molecule has 0 atom stereocenters. The second kappa shape index (κ2) is 6.02. The van der Waals surface area contributed by atoms with E-state index in [1.165, 1.54) is 0 Å². The van der Waals surface area contributed by atoms with E-state index in [0.29, 0.717) is 0 Å². The van der Waals surface area contributed by atoms with Crippen LogP contribution >= 0.6 is 0 Å². The molecular formula is C17H21N3O3. The standard InChI is InChI=1S/C17H21N3O3/c1-20-14-7-3-2-6-12(14)13(19-20)10-15(21)18-17(11-16(22)23)8-4-5-9-17/h2-3,6-7H,4-5,8-11H2,1H3,(H,18,21)(H,22,23). The van der Waals surface area contributed by atoms with Crippen molar-refractivity contribution in [2.75, 3.05) is 0 Å². The molecule has 23 heavy (non-hydrogen) atoms. The number of aromatic nitrogens is 2. The Hall–Kier alpha value is -2.37. The number of aliphatic carboxylic acids is 1. The number of fused-ring (bicyclic) bond motifs is 1. The number of carboxylic acid groups (broad SMARTS) is 1. The zero-order valence-corrected chi connectivity index (χ0v) is 13.2. The maximum absolute atomic E-state index is 12.5. The normalized spacial score (nSPS) is 16.6. The number of carbonyl (C=O) groups is 2. The molecule has 2 aromatic rings. The Labute approximate surface area is 134 Å². The van der Waals surface area contributed by atoms with Gasteiger partial charge in [0.1, 0.15) is 0 Å². The molecule has 6 nitrogen and oxygen atoms in total. The van der Waals surface area contributed by atoms with Crippen LogP contribution in [0.2, 0.25) is 0 Å². The summed E-state index contributed by atoms with van der Waals surface area (Å²) in [6.07, 6.45) is 3.53. The first-order chi connectivity index (χ1) is 11.0. The molecule has 0 aliphatic heterocycles. The van der Waals surface area contributed by atoms with Gasteiger partial charge in [0.15, 0.2) is 0 Å². The number of hydrogen-bond acceptors (Lipinski definition) is 3. The largest absolute Gasteiger partial charge is 0.481 e. The van der Waals surface area contributed by atoms with Crippen molar-refractivity contribution in [3.05, 3.63) is 30.0 Å². The lowest BCUT2D eigenvalue weighted by molar-refractivity contribution is -0.139. The zero-order valence-electron chi connectivity index (χ0n) is 13.2. The van der Waals surface area contributed by atoms with Gasteiger partial charge in [0.05, 0.1) is 29.6 Å². The molecule has 1 aliphatic rings. The topological polar surface area (TPSA) is 84.2 Å². The summed E-state index contributed by atoms with van der Waals surface area (Å²) >= 11 is 0. The molecule has 1 aromatic carbocycles. The molecule has 2 N–H and O–H groups in total. The number of carboxylic acids is 1. The minimum atomic E-state index is -0.865. The van der Waals surface area contributed by atoms with Crippen LogP contribution in [0.5, 0.6) is 0 Å². The predicted octanol–water partition coefficient (Wildman–Crippen LogP) is 2.02. The van der Waals surface area contributed by atoms with Crippen molar-refractivity contribution in [2.24, 2.45) is 7.05 Å². The van der Waals surface area contributed by atoms with Crippen LogP contribution in [0.25, 0.3) is 10.9 Å². The van der Waals surface area contributed by atoms with Crippen molar-refractivity contribution in [3.63, 3.8) is 0 Å². The molecular weight excluding hydrogens is 294 g/mol. The Morgan fingerprint density at radius 1 is 1.30 bits per heavy atom. The van der Waals surface area contributed by atoms with Crippen LogP contribution in [0.15, 0.2) is 24.3 Å². The second-order valence-corrected chi connectivity index (χ2v) is 6.37. The van der Waals surface area contributed by atoms with Crippen molar-refractivity contribution < 1.29 is 14.7 Å². The Kier molecular flexibility index (Phi) is 4.07. The number of hydrogen-bond donors (Lipinski definition) is 2. The van der Waals surface area contributed by atoms with Crippen LogP contribution in [0.1, 0.15) is 37.8 Å². The third-order valence-corrected chi connectivity index (χ3v) is 4.62. The second-order valence-electron chi connectivity index (χ2n) is 6.37. The highest BCUT2D eigenvalue weighted by atomic mass is 16.4. The van der Waals surface area contributed by atoms with E-state index in [-0.39, 0.29) is 18.7 Å². The molecule has 1 fully saturated rings. The van der Waals surface area contributed by atoms with Crippen molar-refractivity contribution in [2.45, 2.75) is 44.1 Å². The number of nitrogens with one attached hydrogen (secondary N) is 1. The summed E-state index contributed by atoms with van der Waals surface area (Å²) in [5.41, 5.74) is 1.12. The minimum absolute atomic E-state index is 0.0122. The Balaban J connectivity index is 1.77. The van der Waals surface area contributed by atoms with Crippen molar-refractivity contribution in [1.82, 2.24) is 15.1 Å². The lowest BCUT2D eigenvalue weighted by atomic mass is 9.93. The maximum Gasteiger partial charge on any atom is 0.305 e. The molecule has 0 spiro atoms. The van der Waals surface area contributed by atoms with Gasteiger partial charge in [0, 0.05) is 12.4 Å². The first kappa shape index (κ1) is 15.5. The number of para-hydroxylation sites is 1. The van der Waals surface area contributed by atoms with E-state index in [2.05, 4.69) is 10.4 Å². The number of amides is 1. The SMILES string of the molecule is Cn1nc(CC(=O)NC2(CC(=O)O)CCCC2)c2ccccc21. The van der Waals surface area contributed by atoms with Gasteiger partial charge < -0.3 is 10.4 Å². The summed E-state index contributed by atoms with van der Waals surface area (Å²) in [7, 11) is 1.85. The number of carbonyl (C=O) groups excluding carboxylic acids is 1. The van der Waals surface area contributed by atoms with Crippen LogP contribution in [0.3, 0.4) is 0 Å². The van der Waals surface area contributed by atoms with Crippen LogP contribution in [0, 0.1) is 0 Å². The first-order valence-electron chi connectivity index (χ1n) is 7.92. The summed E-state index contributed by atoms with van der Waals surface area (Å²) in [6.45, 7) is 0. The molecule has 1 saturated carbocycles. The highest BCUT2D eigenvalue weighted by Gasteiger charge is 2.37. The van der Waals surface area contributed by atoms with Crippen molar-refractivity contribution in [1.29, 1.82) is 0 Å². The third kappa shape index (κ3) is 3.21. The highest BCUT2D eigenvalue weighted by Crippen LogP contribution is 2.32. The smallest absolute Gasteiger partial charge is 0.305 e. The van der Waals surface area contributed by atoms with Gasteiger partial charge in [-0.1, -0.05) is 31.0 Å². The van der Waals surface area contributed by atoms with E-state index in [9.17, 15) is 9.59 Å². The van der Waals surface area contributed by atoms with Gasteiger partial charge in [-0.25, -0.2) is 0 Å². The van der Waals surface area contributed by atoms with Gasteiger partial charge in [-0.2, -0.15) is 5.10 Å². The van der Waals surface area contributed by atoms with Gasteiger partial charge in [-0.05, 0) is 18.9 Å². The van der Waals surface area contributed by atoms with E-state index >= 15 is 0 Å².